The molecule has 1 aliphatic heterocycles. The van der Waals surface area contributed by atoms with Crippen molar-refractivity contribution in [3.05, 3.63) is 36.4 Å². The lowest BCUT2D eigenvalue weighted by atomic mass is 9.96. The van der Waals surface area contributed by atoms with Gasteiger partial charge in [-0.1, -0.05) is 6.07 Å². The Morgan fingerprint density at radius 2 is 1.92 bits per heavy atom. The summed E-state index contributed by atoms with van der Waals surface area (Å²) in [6, 6.07) is 5.92. The second kappa shape index (κ2) is 5.99. The highest BCUT2D eigenvalue weighted by Gasteiger charge is 2.30. The molecule has 3 aromatic rings. The predicted octanol–water partition coefficient (Wildman–Crippen LogP) is 2.36. The van der Waals surface area contributed by atoms with E-state index in [0.717, 1.165) is 47.9 Å². The van der Waals surface area contributed by atoms with Crippen LogP contribution in [0.25, 0.3) is 11.2 Å². The van der Waals surface area contributed by atoms with Gasteiger partial charge in [-0.2, -0.15) is 0 Å². The molecular weight excluding hydrogens is 306 g/mol. The number of nitrogens with one attached hydrogen (secondary N) is 1. The monoisotopic (exact) mass is 325 g/mol. The van der Waals surface area contributed by atoms with Crippen LogP contribution < -0.4 is 14.4 Å². The van der Waals surface area contributed by atoms with Gasteiger partial charge < -0.3 is 19.4 Å². The number of rotatable bonds is 4. The first-order valence-electron chi connectivity index (χ1n) is 7.91. The van der Waals surface area contributed by atoms with Crippen molar-refractivity contribution < 1.29 is 9.47 Å². The van der Waals surface area contributed by atoms with Gasteiger partial charge in [0.25, 0.3) is 0 Å². The summed E-state index contributed by atoms with van der Waals surface area (Å²) in [6.07, 6.45) is 4.23. The fourth-order valence-corrected chi connectivity index (χ4v) is 3.46. The van der Waals surface area contributed by atoms with Crippen LogP contribution in [0.4, 0.5) is 5.82 Å². The first kappa shape index (κ1) is 14.7. The van der Waals surface area contributed by atoms with Gasteiger partial charge in [-0.15, -0.1) is 0 Å². The van der Waals surface area contributed by atoms with E-state index in [1.165, 1.54) is 0 Å². The summed E-state index contributed by atoms with van der Waals surface area (Å²) in [5.74, 6) is 2.96. The lowest BCUT2D eigenvalue weighted by Crippen LogP contribution is -2.21. The fourth-order valence-electron chi connectivity index (χ4n) is 3.46. The summed E-state index contributed by atoms with van der Waals surface area (Å²) in [6.45, 7) is 1.76. The minimum absolute atomic E-state index is 0.323. The molecule has 1 N–H and O–H groups in total. The number of hydrogen-bond donors (Lipinski definition) is 1. The predicted molar refractivity (Wildman–Crippen MR) is 90.8 cm³/mol. The van der Waals surface area contributed by atoms with E-state index in [-0.39, 0.29) is 0 Å². The molecule has 1 atom stereocenters. The third kappa shape index (κ3) is 2.33. The van der Waals surface area contributed by atoms with Crippen LogP contribution in [0.3, 0.4) is 0 Å². The number of benzene rings is 1. The van der Waals surface area contributed by atoms with E-state index in [4.69, 9.17) is 9.47 Å². The van der Waals surface area contributed by atoms with E-state index in [0.29, 0.717) is 11.6 Å². The van der Waals surface area contributed by atoms with Crippen molar-refractivity contribution in [1.82, 2.24) is 19.9 Å². The summed E-state index contributed by atoms with van der Waals surface area (Å²) in [5, 5.41) is 0. The Labute approximate surface area is 139 Å². The molecule has 0 bridgehead atoms. The van der Waals surface area contributed by atoms with Crippen molar-refractivity contribution in [3.8, 4) is 11.5 Å². The number of methoxy groups -OCH3 is 2. The molecule has 124 valence electrons. The number of nitrogens with zero attached hydrogens (tertiary/aromatic N) is 4. The van der Waals surface area contributed by atoms with Gasteiger partial charge in [-0.25, -0.2) is 15.0 Å². The molecule has 2 aromatic heterocycles. The van der Waals surface area contributed by atoms with Crippen LogP contribution in [-0.2, 0) is 0 Å². The quantitative estimate of drug-likeness (QED) is 0.793. The average molecular weight is 325 g/mol. The molecule has 0 amide bonds. The molecule has 0 spiro atoms. The number of ether oxygens (including phenoxy) is 2. The smallest absolute Gasteiger partial charge is 0.182 e. The maximum Gasteiger partial charge on any atom is 0.182 e. The normalized spacial score (nSPS) is 17.4. The van der Waals surface area contributed by atoms with E-state index < -0.39 is 0 Å². The van der Waals surface area contributed by atoms with E-state index in [1.807, 2.05) is 18.2 Å². The third-order valence-electron chi connectivity index (χ3n) is 4.56. The largest absolute Gasteiger partial charge is 0.496 e. The highest BCUT2D eigenvalue weighted by molar-refractivity contribution is 5.82. The Bertz CT molecular complexity index is 841. The van der Waals surface area contributed by atoms with Crippen molar-refractivity contribution in [3.63, 3.8) is 0 Å². The Hall–Kier alpha value is -2.83. The second-order valence-corrected chi connectivity index (χ2v) is 5.81. The standard InChI is InChI=1S/C17H19N5O2/c1-23-12-4-3-5-13(24-2)14(12)11-6-7-22(8-11)17-15-16(19-9-18-15)20-10-21-17/h3-5,9-11H,6-8H2,1-2H3,(H,18,19,20,21). The van der Waals surface area contributed by atoms with Crippen LogP contribution in [0.1, 0.15) is 17.9 Å². The summed E-state index contributed by atoms with van der Waals surface area (Å²) in [7, 11) is 3.40. The zero-order valence-corrected chi connectivity index (χ0v) is 13.7. The summed E-state index contributed by atoms with van der Waals surface area (Å²) < 4.78 is 11.1. The highest BCUT2D eigenvalue weighted by Crippen LogP contribution is 2.41. The van der Waals surface area contributed by atoms with Crippen molar-refractivity contribution >= 4 is 17.0 Å². The number of hydrogen-bond acceptors (Lipinski definition) is 6. The summed E-state index contributed by atoms with van der Waals surface area (Å²) >= 11 is 0. The van der Waals surface area contributed by atoms with Gasteiger partial charge in [0.05, 0.1) is 20.5 Å². The lowest BCUT2D eigenvalue weighted by Gasteiger charge is -2.20. The van der Waals surface area contributed by atoms with Crippen LogP contribution >= 0.6 is 0 Å². The van der Waals surface area contributed by atoms with Crippen LogP contribution in [0.5, 0.6) is 11.5 Å². The number of aromatic amines is 1. The Morgan fingerprint density at radius 3 is 2.67 bits per heavy atom. The molecule has 3 heterocycles. The molecule has 7 nitrogen and oxygen atoms in total. The Balaban J connectivity index is 1.67. The van der Waals surface area contributed by atoms with Gasteiger partial charge in [-0.05, 0) is 18.6 Å². The van der Waals surface area contributed by atoms with E-state index in [1.54, 1.807) is 26.9 Å². The molecule has 24 heavy (non-hydrogen) atoms. The number of anilines is 1. The molecule has 1 unspecified atom stereocenters. The third-order valence-corrected chi connectivity index (χ3v) is 4.56. The molecule has 1 aromatic carbocycles. The molecule has 7 heteroatoms. The van der Waals surface area contributed by atoms with Gasteiger partial charge in [0.2, 0.25) is 0 Å². The zero-order valence-electron chi connectivity index (χ0n) is 13.7. The van der Waals surface area contributed by atoms with Crippen molar-refractivity contribution in [2.75, 3.05) is 32.2 Å². The van der Waals surface area contributed by atoms with Gasteiger partial charge in [0, 0.05) is 24.6 Å². The molecule has 1 aliphatic rings. The average Bonchev–Trinajstić information content (AvgIpc) is 3.29. The van der Waals surface area contributed by atoms with E-state index in [2.05, 4.69) is 24.8 Å². The maximum atomic E-state index is 5.56. The Kier molecular flexibility index (Phi) is 3.68. The van der Waals surface area contributed by atoms with Gasteiger partial charge in [-0.3, -0.25) is 0 Å². The van der Waals surface area contributed by atoms with Crippen LogP contribution in [-0.4, -0.2) is 47.2 Å². The van der Waals surface area contributed by atoms with Crippen LogP contribution in [0.2, 0.25) is 0 Å². The number of H-pyrrole nitrogens is 1. The second-order valence-electron chi connectivity index (χ2n) is 5.81. The maximum absolute atomic E-state index is 5.56. The molecule has 0 aliphatic carbocycles. The highest BCUT2D eigenvalue weighted by atomic mass is 16.5. The molecule has 1 fully saturated rings. The van der Waals surface area contributed by atoms with E-state index in [9.17, 15) is 0 Å². The molecule has 0 radical (unpaired) electrons. The van der Waals surface area contributed by atoms with Gasteiger partial charge in [0.1, 0.15) is 23.3 Å². The van der Waals surface area contributed by atoms with E-state index >= 15 is 0 Å². The first-order valence-corrected chi connectivity index (χ1v) is 7.91. The Morgan fingerprint density at radius 1 is 1.12 bits per heavy atom. The SMILES string of the molecule is COc1cccc(OC)c1C1CCN(c2ncnc3nc[nH]c23)C1. The van der Waals surface area contributed by atoms with Crippen molar-refractivity contribution in [2.24, 2.45) is 0 Å². The van der Waals surface area contributed by atoms with Crippen LogP contribution in [0, 0.1) is 0 Å². The van der Waals surface area contributed by atoms with Crippen LogP contribution in [0.15, 0.2) is 30.9 Å². The zero-order chi connectivity index (χ0) is 16.5. The van der Waals surface area contributed by atoms with Crippen molar-refractivity contribution in [2.45, 2.75) is 12.3 Å². The molecule has 4 rings (SSSR count). The molecule has 0 saturated carbocycles. The van der Waals surface area contributed by atoms with Gasteiger partial charge >= 0.3 is 0 Å². The summed E-state index contributed by atoms with van der Waals surface area (Å²) in [5.41, 5.74) is 2.70. The molecular formula is C17H19N5O2. The number of aromatic nitrogens is 4. The molecule has 1 saturated heterocycles. The van der Waals surface area contributed by atoms with Crippen molar-refractivity contribution in [1.29, 1.82) is 0 Å². The fraction of sp³-hybridized carbons (Fsp3) is 0.353. The minimum Gasteiger partial charge on any atom is -0.496 e. The van der Waals surface area contributed by atoms with Gasteiger partial charge in [0.15, 0.2) is 11.5 Å². The first-order chi connectivity index (χ1) is 11.8. The number of imidazole rings is 1. The number of fused-ring (bicyclic) bond motifs is 1. The minimum atomic E-state index is 0.323. The lowest BCUT2D eigenvalue weighted by molar-refractivity contribution is 0.380. The topological polar surface area (TPSA) is 76.2 Å². The summed E-state index contributed by atoms with van der Waals surface area (Å²) in [4.78, 5) is 18.3.